The van der Waals surface area contributed by atoms with E-state index in [1.54, 1.807) is 0 Å². The standard InChI is InChI=1S/C16H16BN2O/c1-12(2)7-13-3-4-14(9-18)16(8-13)15-5-6-19(10-15)17-11-20/h3-5,7-8,11H,6,10H2,1-2H3. The molecule has 2 rings (SSSR count). The van der Waals surface area contributed by atoms with Crippen LogP contribution in [-0.2, 0) is 4.79 Å². The number of nitriles is 1. The molecule has 0 aliphatic carbocycles. The molecule has 1 heterocycles. The molecule has 1 aliphatic rings. The van der Waals surface area contributed by atoms with Crippen LogP contribution in [0, 0.1) is 11.3 Å². The molecule has 0 saturated carbocycles. The summed E-state index contributed by atoms with van der Waals surface area (Å²) in [7, 11) is 1.54. The molecule has 0 aromatic heterocycles. The number of allylic oxidation sites excluding steroid dienone is 1. The Morgan fingerprint density at radius 1 is 1.45 bits per heavy atom. The maximum Gasteiger partial charge on any atom is 0.293 e. The van der Waals surface area contributed by atoms with Gasteiger partial charge in [0.1, 0.15) is 0 Å². The molecule has 0 bridgehead atoms. The third-order valence-electron chi connectivity index (χ3n) is 3.18. The highest BCUT2D eigenvalue weighted by Gasteiger charge is 2.18. The molecule has 0 unspecified atom stereocenters. The molecule has 4 heteroatoms. The third kappa shape index (κ3) is 3.25. The van der Waals surface area contributed by atoms with Gasteiger partial charge in [-0.25, -0.2) is 0 Å². The summed E-state index contributed by atoms with van der Waals surface area (Å²) in [6, 6.07) is 8.10. The molecule has 3 nitrogen and oxygen atoms in total. The van der Waals surface area contributed by atoms with Crippen LogP contribution < -0.4 is 0 Å². The van der Waals surface area contributed by atoms with Gasteiger partial charge in [-0.05, 0) is 42.7 Å². The van der Waals surface area contributed by atoms with Gasteiger partial charge >= 0.3 is 0 Å². The van der Waals surface area contributed by atoms with E-state index in [4.69, 9.17) is 0 Å². The maximum atomic E-state index is 10.5. The van der Waals surface area contributed by atoms with Crippen LogP contribution in [0.1, 0.15) is 30.5 Å². The second-order valence-electron chi connectivity index (χ2n) is 5.08. The number of carbonyl (C=O) groups excluding carboxylic acids is 1. The number of nitrogens with zero attached hydrogens (tertiary/aromatic N) is 2. The Morgan fingerprint density at radius 3 is 2.90 bits per heavy atom. The zero-order valence-corrected chi connectivity index (χ0v) is 11.8. The van der Waals surface area contributed by atoms with Gasteiger partial charge in [-0.3, -0.25) is 0 Å². The molecule has 1 aliphatic heterocycles. The van der Waals surface area contributed by atoms with Crippen molar-refractivity contribution in [2.24, 2.45) is 0 Å². The first kappa shape index (κ1) is 14.3. The second kappa shape index (κ2) is 6.36. The first-order valence-corrected chi connectivity index (χ1v) is 6.55. The average Bonchev–Trinajstić information content (AvgIpc) is 2.87. The molecular weight excluding hydrogens is 247 g/mol. The van der Waals surface area contributed by atoms with Gasteiger partial charge in [-0.2, -0.15) is 5.26 Å². The minimum absolute atomic E-state index is 0.672. The van der Waals surface area contributed by atoms with Gasteiger partial charge < -0.3 is 9.61 Å². The smallest absolute Gasteiger partial charge is 0.293 e. The molecule has 1 aromatic carbocycles. The lowest BCUT2D eigenvalue weighted by Crippen LogP contribution is -2.26. The lowest BCUT2D eigenvalue weighted by molar-refractivity contribution is 0.552. The van der Waals surface area contributed by atoms with E-state index in [-0.39, 0.29) is 0 Å². The van der Waals surface area contributed by atoms with E-state index in [1.807, 2.05) is 36.9 Å². The summed E-state index contributed by atoms with van der Waals surface area (Å²) in [6.07, 6.45) is 4.96. The molecule has 0 saturated heterocycles. The van der Waals surface area contributed by atoms with Gasteiger partial charge in [0, 0.05) is 13.1 Å². The Bertz CT molecular complexity index is 622. The number of benzene rings is 1. The van der Waals surface area contributed by atoms with Crippen molar-refractivity contribution in [3.8, 4) is 6.07 Å². The molecular formula is C16H16BN2O. The zero-order chi connectivity index (χ0) is 14.5. The fourth-order valence-corrected chi connectivity index (χ4v) is 2.32. The van der Waals surface area contributed by atoms with E-state index in [0.717, 1.165) is 22.9 Å². The lowest BCUT2D eigenvalue weighted by Gasteiger charge is -2.12. The van der Waals surface area contributed by atoms with Crippen molar-refractivity contribution in [3.63, 3.8) is 0 Å². The van der Waals surface area contributed by atoms with Crippen molar-refractivity contribution >= 4 is 25.2 Å². The maximum absolute atomic E-state index is 10.5. The van der Waals surface area contributed by atoms with E-state index in [9.17, 15) is 10.1 Å². The SMILES string of the molecule is CC(C)=Cc1ccc(C#N)c(C2=CCN([B]C=O)C2)c1. The second-order valence-corrected chi connectivity index (χ2v) is 5.08. The molecule has 0 spiro atoms. The van der Waals surface area contributed by atoms with Crippen LogP contribution in [0.5, 0.6) is 0 Å². The number of carbonyl (C=O) groups is 1. The fraction of sp³-hybridized carbons (Fsp3) is 0.250. The third-order valence-corrected chi connectivity index (χ3v) is 3.18. The highest BCUT2D eigenvalue weighted by atomic mass is 16.1. The van der Waals surface area contributed by atoms with Crippen molar-refractivity contribution < 1.29 is 4.79 Å². The highest BCUT2D eigenvalue weighted by molar-refractivity contribution is 6.64. The van der Waals surface area contributed by atoms with Crippen molar-refractivity contribution in [2.45, 2.75) is 13.8 Å². The fourth-order valence-electron chi connectivity index (χ4n) is 2.32. The van der Waals surface area contributed by atoms with Crippen molar-refractivity contribution in [1.82, 2.24) is 4.81 Å². The first-order chi connectivity index (χ1) is 9.63. The molecule has 20 heavy (non-hydrogen) atoms. The van der Waals surface area contributed by atoms with E-state index in [0.29, 0.717) is 18.7 Å². The van der Waals surface area contributed by atoms with Crippen LogP contribution in [0.3, 0.4) is 0 Å². The minimum Gasteiger partial charge on any atom is -0.333 e. The van der Waals surface area contributed by atoms with Crippen LogP contribution in [0.2, 0.25) is 0 Å². The Hall–Kier alpha value is -2.12. The van der Waals surface area contributed by atoms with Gasteiger partial charge in [0.15, 0.2) is 0 Å². The van der Waals surface area contributed by atoms with Crippen LogP contribution in [0.15, 0.2) is 29.8 Å². The predicted molar refractivity (Wildman–Crippen MR) is 82.5 cm³/mol. The summed E-state index contributed by atoms with van der Waals surface area (Å²) < 4.78 is 0. The van der Waals surface area contributed by atoms with Crippen molar-refractivity contribution in [1.29, 1.82) is 5.26 Å². The van der Waals surface area contributed by atoms with E-state index in [2.05, 4.69) is 18.2 Å². The van der Waals surface area contributed by atoms with Gasteiger partial charge in [0.2, 0.25) is 0 Å². The number of hydrogen-bond acceptors (Lipinski definition) is 3. The molecule has 0 atom stereocenters. The van der Waals surface area contributed by atoms with Crippen LogP contribution in [0.4, 0.5) is 0 Å². The van der Waals surface area contributed by atoms with E-state index >= 15 is 0 Å². The number of rotatable bonds is 4. The van der Waals surface area contributed by atoms with Crippen molar-refractivity contribution in [2.75, 3.05) is 13.1 Å². The van der Waals surface area contributed by atoms with Gasteiger partial charge in [-0.15, -0.1) is 0 Å². The van der Waals surface area contributed by atoms with Crippen LogP contribution in [-0.4, -0.2) is 31.5 Å². The molecule has 99 valence electrons. The van der Waals surface area contributed by atoms with Crippen LogP contribution in [0.25, 0.3) is 11.6 Å². The molecule has 1 radical (unpaired) electrons. The molecule has 0 N–H and O–H groups in total. The summed E-state index contributed by atoms with van der Waals surface area (Å²) in [5.41, 5.74) is 5.05. The van der Waals surface area contributed by atoms with Crippen molar-refractivity contribution in [3.05, 3.63) is 46.5 Å². The summed E-state index contributed by atoms with van der Waals surface area (Å²) >= 11 is 0. The topological polar surface area (TPSA) is 44.1 Å². The Labute approximate surface area is 120 Å². The summed E-state index contributed by atoms with van der Waals surface area (Å²) in [6.45, 7) is 5.48. The zero-order valence-electron chi connectivity index (χ0n) is 11.8. The highest BCUT2D eigenvalue weighted by Crippen LogP contribution is 2.25. The Kier molecular flexibility index (Phi) is 4.55. The van der Waals surface area contributed by atoms with Crippen LogP contribution >= 0.6 is 0 Å². The largest absolute Gasteiger partial charge is 0.333 e. The molecule has 0 fully saturated rings. The van der Waals surface area contributed by atoms with E-state index in [1.165, 1.54) is 13.0 Å². The first-order valence-electron chi connectivity index (χ1n) is 6.55. The Morgan fingerprint density at radius 2 is 2.25 bits per heavy atom. The van der Waals surface area contributed by atoms with E-state index < -0.39 is 0 Å². The average molecular weight is 263 g/mol. The summed E-state index contributed by atoms with van der Waals surface area (Å²) in [4.78, 5) is 12.4. The van der Waals surface area contributed by atoms with Gasteiger partial charge in [-0.1, -0.05) is 23.8 Å². The lowest BCUT2D eigenvalue weighted by atomic mass is 9.94. The summed E-state index contributed by atoms with van der Waals surface area (Å²) in [5.74, 6) is 0. The normalized spacial score (nSPS) is 14.3. The monoisotopic (exact) mass is 263 g/mol. The quantitative estimate of drug-likeness (QED) is 0.619. The minimum atomic E-state index is 0.672. The molecule has 1 aromatic rings. The number of hydrogen-bond donors (Lipinski definition) is 0. The predicted octanol–water partition coefficient (Wildman–Crippen LogP) is 2.49. The summed E-state index contributed by atoms with van der Waals surface area (Å²) in [5, 5.41) is 9.25. The van der Waals surface area contributed by atoms with Gasteiger partial charge in [0.25, 0.3) is 7.41 Å². The molecule has 0 amide bonds. The Balaban J connectivity index is 2.33. The van der Waals surface area contributed by atoms with Gasteiger partial charge in [0.05, 0.1) is 17.8 Å².